The normalized spacial score (nSPS) is 10.6. The van der Waals surface area contributed by atoms with E-state index in [-0.39, 0.29) is 5.91 Å². The van der Waals surface area contributed by atoms with Crippen LogP contribution in [0.25, 0.3) is 0 Å². The van der Waals surface area contributed by atoms with E-state index in [0.717, 1.165) is 22.7 Å². The van der Waals surface area contributed by atoms with Crippen LogP contribution in [0, 0.1) is 0 Å². The maximum atomic E-state index is 11.8. The highest BCUT2D eigenvalue weighted by Crippen LogP contribution is 2.12. The fourth-order valence-corrected chi connectivity index (χ4v) is 2.86. The van der Waals surface area contributed by atoms with Crippen LogP contribution in [0.2, 0.25) is 5.02 Å². The molecule has 4 nitrogen and oxygen atoms in total. The highest BCUT2D eigenvalue weighted by Gasteiger charge is 2.07. The quantitative estimate of drug-likeness (QED) is 0.852. The van der Waals surface area contributed by atoms with Gasteiger partial charge in [0.25, 0.3) is 0 Å². The minimum atomic E-state index is -0.0219. The maximum absolute atomic E-state index is 11.8. The molecule has 0 aliphatic heterocycles. The molecular weight excluding hydrogens is 308 g/mol. The molecule has 6 heteroatoms. The lowest BCUT2D eigenvalue weighted by molar-refractivity contribution is -0.120. The Morgan fingerprint density at radius 3 is 3.10 bits per heavy atom. The Hall–Kier alpha value is -1.43. The van der Waals surface area contributed by atoms with Crippen molar-refractivity contribution in [3.63, 3.8) is 0 Å². The number of hydrogen-bond donors (Lipinski definition) is 1. The van der Waals surface area contributed by atoms with Gasteiger partial charge in [0.2, 0.25) is 5.91 Å². The third-order valence-corrected chi connectivity index (χ3v) is 3.94. The van der Waals surface area contributed by atoms with Crippen LogP contribution in [-0.2, 0) is 29.0 Å². The number of methoxy groups -OCH3 is 1. The number of nitrogens with one attached hydrogen (secondary N) is 1. The largest absolute Gasteiger partial charge is 0.378 e. The molecule has 21 heavy (non-hydrogen) atoms. The van der Waals surface area contributed by atoms with Crippen molar-refractivity contribution in [1.29, 1.82) is 0 Å². The van der Waals surface area contributed by atoms with Crippen LogP contribution < -0.4 is 5.32 Å². The third kappa shape index (κ3) is 5.46. The van der Waals surface area contributed by atoms with Gasteiger partial charge in [0.05, 0.1) is 18.7 Å². The van der Waals surface area contributed by atoms with Crippen LogP contribution in [0.5, 0.6) is 0 Å². The molecule has 1 N–H and O–H groups in total. The van der Waals surface area contributed by atoms with E-state index < -0.39 is 0 Å². The predicted molar refractivity (Wildman–Crippen MR) is 84.7 cm³/mol. The summed E-state index contributed by atoms with van der Waals surface area (Å²) in [6, 6.07) is 7.65. The van der Waals surface area contributed by atoms with Crippen molar-refractivity contribution < 1.29 is 9.53 Å². The molecule has 0 aliphatic carbocycles. The number of hydrogen-bond acceptors (Lipinski definition) is 4. The molecule has 0 saturated heterocycles. The van der Waals surface area contributed by atoms with Crippen molar-refractivity contribution in [2.45, 2.75) is 19.4 Å². The first-order valence-electron chi connectivity index (χ1n) is 6.60. The van der Waals surface area contributed by atoms with E-state index in [4.69, 9.17) is 16.3 Å². The number of rotatable bonds is 7. The average molecular weight is 325 g/mol. The molecule has 2 rings (SSSR count). The van der Waals surface area contributed by atoms with Crippen molar-refractivity contribution in [2.24, 2.45) is 0 Å². The van der Waals surface area contributed by atoms with Gasteiger partial charge in [0.15, 0.2) is 0 Å². The Balaban J connectivity index is 1.74. The number of nitrogens with zero attached hydrogens (tertiary/aromatic N) is 1. The summed E-state index contributed by atoms with van der Waals surface area (Å²) in [7, 11) is 1.63. The van der Waals surface area contributed by atoms with E-state index in [1.54, 1.807) is 7.11 Å². The predicted octanol–water partition coefficient (Wildman–Crippen LogP) is 2.84. The van der Waals surface area contributed by atoms with Crippen LogP contribution in [0.1, 0.15) is 16.3 Å². The van der Waals surface area contributed by atoms with Crippen molar-refractivity contribution >= 4 is 28.8 Å². The van der Waals surface area contributed by atoms with Crippen LogP contribution >= 0.6 is 22.9 Å². The summed E-state index contributed by atoms with van der Waals surface area (Å²) in [6.45, 7) is 1.08. The van der Waals surface area contributed by atoms with Crippen LogP contribution in [-0.4, -0.2) is 24.5 Å². The minimum absolute atomic E-state index is 0.0219. The molecule has 112 valence electrons. The average Bonchev–Trinajstić information content (AvgIpc) is 2.86. The van der Waals surface area contributed by atoms with Crippen LogP contribution in [0.4, 0.5) is 0 Å². The van der Waals surface area contributed by atoms with Gasteiger partial charge in [-0.05, 0) is 24.1 Å². The maximum Gasteiger partial charge on any atom is 0.226 e. The van der Waals surface area contributed by atoms with Gasteiger partial charge in [-0.25, -0.2) is 4.98 Å². The lowest BCUT2D eigenvalue weighted by Crippen LogP contribution is -2.27. The summed E-state index contributed by atoms with van der Waals surface area (Å²) in [5, 5.41) is 6.39. The molecule has 0 saturated carbocycles. The first kappa shape index (κ1) is 15.9. The number of aromatic nitrogens is 1. The van der Waals surface area contributed by atoms with E-state index in [1.165, 1.54) is 11.3 Å². The number of ether oxygens (including phenoxy) is 1. The summed E-state index contributed by atoms with van der Waals surface area (Å²) in [5.74, 6) is -0.0219. The first-order valence-corrected chi connectivity index (χ1v) is 7.86. The molecule has 1 aromatic carbocycles. The van der Waals surface area contributed by atoms with Gasteiger partial charge in [-0.2, -0.15) is 0 Å². The summed E-state index contributed by atoms with van der Waals surface area (Å²) in [6.07, 6.45) is 1.06. The molecule has 0 atom stereocenters. The Bertz CT molecular complexity index is 601. The fraction of sp³-hybridized carbons (Fsp3) is 0.333. The number of amides is 1. The minimum Gasteiger partial charge on any atom is -0.378 e. The molecule has 1 aromatic heterocycles. The highest BCUT2D eigenvalue weighted by atomic mass is 35.5. The van der Waals surface area contributed by atoms with Gasteiger partial charge in [0.1, 0.15) is 5.01 Å². The zero-order chi connectivity index (χ0) is 15.1. The SMILES string of the molecule is COCc1nc(CC(=O)NCCc2cccc(Cl)c2)cs1. The monoisotopic (exact) mass is 324 g/mol. The summed E-state index contributed by atoms with van der Waals surface area (Å²) in [4.78, 5) is 16.2. The van der Waals surface area contributed by atoms with Crippen molar-refractivity contribution in [3.05, 3.63) is 50.9 Å². The van der Waals surface area contributed by atoms with Gasteiger partial charge >= 0.3 is 0 Å². The molecule has 0 unspecified atom stereocenters. The van der Waals surface area contributed by atoms with Crippen LogP contribution in [0.3, 0.4) is 0 Å². The second kappa shape index (κ2) is 8.12. The first-order chi connectivity index (χ1) is 10.2. The molecule has 2 aromatic rings. The lowest BCUT2D eigenvalue weighted by atomic mass is 10.1. The van der Waals surface area contributed by atoms with Gasteiger partial charge in [-0.3, -0.25) is 4.79 Å². The van der Waals surface area contributed by atoms with Gasteiger partial charge in [-0.15, -0.1) is 11.3 Å². The van der Waals surface area contributed by atoms with Crippen LogP contribution in [0.15, 0.2) is 29.6 Å². The summed E-state index contributed by atoms with van der Waals surface area (Å²) >= 11 is 7.42. The van der Waals surface area contributed by atoms with Gasteiger partial charge in [-0.1, -0.05) is 23.7 Å². The van der Waals surface area contributed by atoms with Crippen molar-refractivity contribution in [3.8, 4) is 0 Å². The van der Waals surface area contributed by atoms with E-state index in [9.17, 15) is 4.79 Å². The molecule has 0 bridgehead atoms. The Morgan fingerprint density at radius 2 is 2.33 bits per heavy atom. The zero-order valence-electron chi connectivity index (χ0n) is 11.8. The number of carbonyl (C=O) groups excluding carboxylic acids is 1. The fourth-order valence-electron chi connectivity index (χ4n) is 1.89. The second-order valence-electron chi connectivity index (χ2n) is 4.57. The van der Waals surface area contributed by atoms with E-state index in [0.29, 0.717) is 24.6 Å². The highest BCUT2D eigenvalue weighted by molar-refractivity contribution is 7.09. The molecule has 0 fully saturated rings. The Labute approximate surface area is 133 Å². The smallest absolute Gasteiger partial charge is 0.226 e. The topological polar surface area (TPSA) is 51.2 Å². The van der Waals surface area contributed by atoms with E-state index in [1.807, 2.05) is 29.6 Å². The summed E-state index contributed by atoms with van der Waals surface area (Å²) in [5.41, 5.74) is 1.89. The number of benzene rings is 1. The second-order valence-corrected chi connectivity index (χ2v) is 5.95. The summed E-state index contributed by atoms with van der Waals surface area (Å²) < 4.78 is 5.01. The lowest BCUT2D eigenvalue weighted by Gasteiger charge is -2.04. The number of carbonyl (C=O) groups is 1. The van der Waals surface area contributed by atoms with Gasteiger partial charge in [0, 0.05) is 24.1 Å². The third-order valence-electron chi connectivity index (χ3n) is 2.83. The molecule has 0 aliphatic rings. The molecular formula is C15H17ClN2O2S. The van der Waals surface area contributed by atoms with E-state index >= 15 is 0 Å². The Kier molecular flexibility index (Phi) is 6.17. The van der Waals surface area contributed by atoms with Gasteiger partial charge < -0.3 is 10.1 Å². The Morgan fingerprint density at radius 1 is 1.48 bits per heavy atom. The molecule has 1 amide bonds. The number of halogens is 1. The van der Waals surface area contributed by atoms with Crippen molar-refractivity contribution in [2.75, 3.05) is 13.7 Å². The molecule has 0 spiro atoms. The standard InChI is InChI=1S/C15H17ClN2O2S/c1-20-9-15-18-13(10-21-15)8-14(19)17-6-5-11-3-2-4-12(16)7-11/h2-4,7,10H,5-6,8-9H2,1H3,(H,17,19). The van der Waals surface area contributed by atoms with Crippen molar-refractivity contribution in [1.82, 2.24) is 10.3 Å². The number of thiazole rings is 1. The molecule has 1 heterocycles. The van der Waals surface area contributed by atoms with E-state index in [2.05, 4.69) is 10.3 Å². The zero-order valence-corrected chi connectivity index (χ0v) is 13.3. The molecule has 0 radical (unpaired) electrons.